The van der Waals surface area contributed by atoms with E-state index >= 15 is 0 Å². The number of alkyl carbamates (subject to hydrolysis) is 2. The molecule has 1 aromatic rings. The highest BCUT2D eigenvalue weighted by atomic mass is 16.6. The van der Waals surface area contributed by atoms with E-state index in [2.05, 4.69) is 10.6 Å². The minimum Gasteiger partial charge on any atom is -0.467 e. The van der Waals surface area contributed by atoms with E-state index in [1.165, 1.54) is 12.0 Å². The zero-order chi connectivity index (χ0) is 24.4. The Morgan fingerprint density at radius 3 is 2.42 bits per heavy atom. The number of amides is 3. The second-order valence-electron chi connectivity index (χ2n) is 8.71. The smallest absolute Gasteiger partial charge is 0.408 e. The van der Waals surface area contributed by atoms with Gasteiger partial charge in [-0.05, 0) is 45.6 Å². The number of benzene rings is 1. The van der Waals surface area contributed by atoms with Crippen molar-refractivity contribution < 1.29 is 33.4 Å². The number of carbonyl (C=O) groups is 4. The normalized spacial score (nSPS) is 16.8. The van der Waals surface area contributed by atoms with Crippen molar-refractivity contribution in [3.63, 3.8) is 0 Å². The van der Waals surface area contributed by atoms with E-state index in [-0.39, 0.29) is 13.2 Å². The molecule has 1 fully saturated rings. The van der Waals surface area contributed by atoms with Crippen LogP contribution in [-0.4, -0.2) is 66.8 Å². The summed E-state index contributed by atoms with van der Waals surface area (Å²) in [5.41, 5.74) is 0.0540. The van der Waals surface area contributed by atoms with Gasteiger partial charge in [0.25, 0.3) is 0 Å². The maximum absolute atomic E-state index is 13.3. The summed E-state index contributed by atoms with van der Waals surface area (Å²) < 4.78 is 15.3. The van der Waals surface area contributed by atoms with E-state index in [1.54, 1.807) is 32.9 Å². The standard InChI is InChI=1S/C23H33N3O7/c1-23(2,3)33-21(29)24-14-17(25-22(30)32-15-16-10-6-5-7-11-16)19(27)26-13-9-8-12-18(26)20(28)31-4/h5-7,10-11,17-18H,8-9,12-15H2,1-4H3,(H,24,29)(H,25,30)/t17-,18?/m0/s1. The Bertz CT molecular complexity index is 823. The van der Waals surface area contributed by atoms with Crippen molar-refractivity contribution in [2.24, 2.45) is 0 Å². The van der Waals surface area contributed by atoms with Gasteiger partial charge in [-0.25, -0.2) is 14.4 Å². The van der Waals surface area contributed by atoms with Crippen molar-refractivity contribution in [1.29, 1.82) is 0 Å². The van der Waals surface area contributed by atoms with Crippen LogP contribution in [0.3, 0.4) is 0 Å². The fourth-order valence-electron chi connectivity index (χ4n) is 3.38. The second kappa shape index (κ2) is 12.1. The molecular weight excluding hydrogens is 430 g/mol. The Labute approximate surface area is 193 Å². The molecule has 0 aliphatic carbocycles. The quantitative estimate of drug-likeness (QED) is 0.470. The van der Waals surface area contributed by atoms with Crippen LogP contribution in [-0.2, 0) is 30.4 Å². The van der Waals surface area contributed by atoms with Gasteiger partial charge in [0.05, 0.1) is 13.7 Å². The first-order valence-electron chi connectivity index (χ1n) is 10.9. The summed E-state index contributed by atoms with van der Waals surface area (Å²) in [6, 6.07) is 7.17. The molecular formula is C23H33N3O7. The van der Waals surface area contributed by atoms with Crippen molar-refractivity contribution in [3.05, 3.63) is 35.9 Å². The molecule has 0 aromatic heterocycles. The highest BCUT2D eigenvalue weighted by Crippen LogP contribution is 2.19. The zero-order valence-corrected chi connectivity index (χ0v) is 19.6. The van der Waals surface area contributed by atoms with Crippen molar-refractivity contribution in [3.8, 4) is 0 Å². The Morgan fingerprint density at radius 2 is 1.79 bits per heavy atom. The summed E-state index contributed by atoms with van der Waals surface area (Å²) in [7, 11) is 1.26. The van der Waals surface area contributed by atoms with Gasteiger partial charge < -0.3 is 29.7 Å². The van der Waals surface area contributed by atoms with E-state index in [9.17, 15) is 19.2 Å². The Kier molecular flexibility index (Phi) is 9.50. The molecule has 2 atom stereocenters. The van der Waals surface area contributed by atoms with Crippen molar-refractivity contribution in [2.75, 3.05) is 20.2 Å². The number of hydrogen-bond acceptors (Lipinski definition) is 7. The largest absolute Gasteiger partial charge is 0.467 e. The van der Waals surface area contributed by atoms with Crippen molar-refractivity contribution in [1.82, 2.24) is 15.5 Å². The molecule has 10 nitrogen and oxygen atoms in total. The third-order valence-corrected chi connectivity index (χ3v) is 4.91. The number of nitrogens with zero attached hydrogens (tertiary/aromatic N) is 1. The molecule has 1 heterocycles. The first-order valence-corrected chi connectivity index (χ1v) is 10.9. The predicted octanol–water partition coefficient (Wildman–Crippen LogP) is 2.36. The highest BCUT2D eigenvalue weighted by Gasteiger charge is 2.37. The number of carbonyl (C=O) groups excluding carboxylic acids is 4. The van der Waals surface area contributed by atoms with Crippen LogP contribution in [0.25, 0.3) is 0 Å². The van der Waals surface area contributed by atoms with Crippen LogP contribution in [0.2, 0.25) is 0 Å². The SMILES string of the molecule is COC(=O)C1CCCCN1C(=O)[C@H](CNC(=O)OC(C)(C)C)NC(=O)OCc1ccccc1. The lowest BCUT2D eigenvalue weighted by atomic mass is 10.0. The molecule has 0 saturated carbocycles. The van der Waals surface area contributed by atoms with E-state index in [0.717, 1.165) is 12.0 Å². The molecule has 1 aromatic carbocycles. The Balaban J connectivity index is 2.09. The zero-order valence-electron chi connectivity index (χ0n) is 19.6. The van der Waals surface area contributed by atoms with Crippen LogP contribution in [0, 0.1) is 0 Å². The predicted molar refractivity (Wildman–Crippen MR) is 119 cm³/mol. The van der Waals surface area contributed by atoms with Crippen LogP contribution in [0.4, 0.5) is 9.59 Å². The first-order chi connectivity index (χ1) is 15.6. The average molecular weight is 464 g/mol. The minimum atomic E-state index is -1.16. The fourth-order valence-corrected chi connectivity index (χ4v) is 3.38. The van der Waals surface area contributed by atoms with E-state index in [1.807, 2.05) is 18.2 Å². The fraction of sp³-hybridized carbons (Fsp3) is 0.565. The Morgan fingerprint density at radius 1 is 1.09 bits per heavy atom. The van der Waals surface area contributed by atoms with Gasteiger partial charge in [0.2, 0.25) is 5.91 Å². The third kappa shape index (κ3) is 8.63. The number of esters is 1. The van der Waals surface area contributed by atoms with Crippen LogP contribution >= 0.6 is 0 Å². The lowest BCUT2D eigenvalue weighted by molar-refractivity contribution is -0.155. The van der Waals surface area contributed by atoms with Gasteiger partial charge in [0.1, 0.15) is 24.3 Å². The van der Waals surface area contributed by atoms with Crippen molar-refractivity contribution >= 4 is 24.1 Å². The molecule has 1 saturated heterocycles. The number of rotatable bonds is 7. The number of ether oxygens (including phenoxy) is 3. The van der Waals surface area contributed by atoms with Gasteiger partial charge in [-0.2, -0.15) is 0 Å². The third-order valence-electron chi connectivity index (χ3n) is 4.91. The highest BCUT2D eigenvalue weighted by molar-refractivity contribution is 5.90. The topological polar surface area (TPSA) is 123 Å². The van der Waals surface area contributed by atoms with E-state index in [0.29, 0.717) is 19.4 Å². The molecule has 0 bridgehead atoms. The lowest BCUT2D eigenvalue weighted by Gasteiger charge is -2.36. The summed E-state index contributed by atoms with van der Waals surface area (Å²) >= 11 is 0. The molecule has 2 rings (SSSR count). The van der Waals surface area contributed by atoms with Gasteiger partial charge in [0, 0.05) is 6.54 Å². The summed E-state index contributed by atoms with van der Waals surface area (Å²) in [6.07, 6.45) is 0.391. The summed E-state index contributed by atoms with van der Waals surface area (Å²) in [4.78, 5) is 51.4. The molecule has 33 heavy (non-hydrogen) atoms. The maximum Gasteiger partial charge on any atom is 0.408 e. The molecule has 2 N–H and O–H groups in total. The summed E-state index contributed by atoms with van der Waals surface area (Å²) in [6.45, 7) is 5.25. The Hall–Kier alpha value is -3.30. The van der Waals surface area contributed by atoms with Gasteiger partial charge in [-0.3, -0.25) is 4.79 Å². The molecule has 182 valence electrons. The molecule has 1 aliphatic rings. The van der Waals surface area contributed by atoms with Gasteiger partial charge in [-0.1, -0.05) is 30.3 Å². The molecule has 1 unspecified atom stereocenters. The molecule has 3 amide bonds. The lowest BCUT2D eigenvalue weighted by Crippen LogP contribution is -2.58. The number of hydrogen-bond donors (Lipinski definition) is 2. The van der Waals surface area contributed by atoms with E-state index in [4.69, 9.17) is 14.2 Å². The monoisotopic (exact) mass is 463 g/mol. The van der Waals surface area contributed by atoms with Crippen LogP contribution in [0.5, 0.6) is 0 Å². The summed E-state index contributed by atoms with van der Waals surface area (Å²) in [5, 5.41) is 5.01. The summed E-state index contributed by atoms with van der Waals surface area (Å²) in [5.74, 6) is -1.04. The van der Waals surface area contributed by atoms with Crippen molar-refractivity contribution in [2.45, 2.75) is 64.3 Å². The minimum absolute atomic E-state index is 0.0155. The second-order valence-corrected chi connectivity index (χ2v) is 8.71. The molecule has 0 radical (unpaired) electrons. The van der Waals surface area contributed by atoms with Crippen LogP contribution in [0.15, 0.2) is 30.3 Å². The van der Waals surface area contributed by atoms with Gasteiger partial charge >= 0.3 is 18.2 Å². The molecule has 0 spiro atoms. The van der Waals surface area contributed by atoms with Crippen LogP contribution < -0.4 is 10.6 Å². The van der Waals surface area contributed by atoms with Gasteiger partial charge in [0.15, 0.2) is 0 Å². The average Bonchev–Trinajstić information content (AvgIpc) is 2.79. The van der Waals surface area contributed by atoms with E-state index < -0.39 is 41.7 Å². The molecule has 1 aliphatic heterocycles. The number of likely N-dealkylation sites (tertiary alicyclic amines) is 1. The van der Waals surface area contributed by atoms with Gasteiger partial charge in [-0.15, -0.1) is 0 Å². The first kappa shape index (κ1) is 26.0. The number of piperidine rings is 1. The number of nitrogens with one attached hydrogen (secondary N) is 2. The van der Waals surface area contributed by atoms with Crippen LogP contribution in [0.1, 0.15) is 45.6 Å². The maximum atomic E-state index is 13.3. The number of methoxy groups -OCH3 is 1. The molecule has 10 heteroatoms.